The van der Waals surface area contributed by atoms with Gasteiger partial charge in [0, 0.05) is 32.2 Å². The van der Waals surface area contributed by atoms with Crippen molar-refractivity contribution in [1.29, 1.82) is 0 Å². The Balaban J connectivity index is 1.89. The van der Waals surface area contributed by atoms with Crippen LogP contribution in [0.4, 0.5) is 0 Å². The smallest absolute Gasteiger partial charge is 0.253 e. The number of carbonyl (C=O) groups is 1. The largest absolute Gasteiger partial charge is 0.495 e. The second-order valence-corrected chi connectivity index (χ2v) is 8.88. The summed E-state index contributed by atoms with van der Waals surface area (Å²) in [6, 6.07) is 12.4. The molecule has 0 spiro atoms. The van der Waals surface area contributed by atoms with Crippen molar-refractivity contribution in [2.75, 3.05) is 40.5 Å². The molecule has 0 bridgehead atoms. The third-order valence-corrected chi connectivity index (χ3v) is 6.93. The summed E-state index contributed by atoms with van der Waals surface area (Å²) < 4.78 is 38.1. The van der Waals surface area contributed by atoms with Crippen LogP contribution in [0.3, 0.4) is 0 Å². The molecule has 0 aliphatic carbocycles. The predicted molar refractivity (Wildman–Crippen MR) is 110 cm³/mol. The fourth-order valence-corrected chi connectivity index (χ4v) is 4.86. The zero-order valence-corrected chi connectivity index (χ0v) is 17.7. The fourth-order valence-electron chi connectivity index (χ4n) is 3.27. The van der Waals surface area contributed by atoms with Gasteiger partial charge in [0.1, 0.15) is 10.6 Å². The molecule has 7 nitrogen and oxygen atoms in total. The maximum Gasteiger partial charge on any atom is 0.253 e. The van der Waals surface area contributed by atoms with Crippen LogP contribution in [0.25, 0.3) is 0 Å². The van der Waals surface area contributed by atoms with Gasteiger partial charge >= 0.3 is 0 Å². The van der Waals surface area contributed by atoms with Crippen molar-refractivity contribution in [1.82, 2.24) is 9.21 Å². The monoisotopic (exact) mass is 418 g/mol. The Labute approximate surface area is 171 Å². The maximum absolute atomic E-state index is 13.1. The van der Waals surface area contributed by atoms with Crippen LogP contribution in [-0.2, 0) is 21.3 Å². The number of morpholine rings is 1. The minimum Gasteiger partial charge on any atom is -0.495 e. The lowest BCUT2D eigenvalue weighted by Gasteiger charge is -2.27. The number of nitrogens with zero attached hydrogens (tertiary/aromatic N) is 2. The normalized spacial score (nSPS) is 15.1. The highest BCUT2D eigenvalue weighted by Crippen LogP contribution is 2.29. The maximum atomic E-state index is 13.1. The molecule has 0 atom stereocenters. The molecule has 1 saturated heterocycles. The summed E-state index contributed by atoms with van der Waals surface area (Å²) >= 11 is 0. The van der Waals surface area contributed by atoms with Crippen molar-refractivity contribution < 1.29 is 22.7 Å². The number of hydrogen-bond donors (Lipinski definition) is 0. The van der Waals surface area contributed by atoms with Crippen LogP contribution < -0.4 is 4.74 Å². The van der Waals surface area contributed by atoms with Gasteiger partial charge in [0.2, 0.25) is 10.0 Å². The van der Waals surface area contributed by atoms with Crippen molar-refractivity contribution in [2.45, 2.75) is 18.4 Å². The zero-order chi connectivity index (χ0) is 21.0. The number of rotatable bonds is 6. The van der Waals surface area contributed by atoms with Crippen LogP contribution in [0.5, 0.6) is 5.75 Å². The molecular formula is C21H26N2O5S. The van der Waals surface area contributed by atoms with Crippen LogP contribution >= 0.6 is 0 Å². The van der Waals surface area contributed by atoms with E-state index in [4.69, 9.17) is 9.47 Å². The van der Waals surface area contributed by atoms with Gasteiger partial charge in [0.05, 0.1) is 20.3 Å². The summed E-state index contributed by atoms with van der Waals surface area (Å²) in [5, 5.41) is 0. The molecule has 1 heterocycles. The molecule has 0 N–H and O–H groups in total. The molecule has 0 radical (unpaired) electrons. The molecule has 1 aliphatic heterocycles. The molecule has 0 unspecified atom stereocenters. The third kappa shape index (κ3) is 4.60. The first-order valence-electron chi connectivity index (χ1n) is 9.40. The summed E-state index contributed by atoms with van der Waals surface area (Å²) in [5.41, 5.74) is 2.43. The number of benzene rings is 2. The Morgan fingerprint density at radius 2 is 1.86 bits per heavy atom. The van der Waals surface area contributed by atoms with Gasteiger partial charge in [-0.3, -0.25) is 4.79 Å². The van der Waals surface area contributed by atoms with Crippen LogP contribution in [-0.4, -0.2) is 64.0 Å². The number of carbonyl (C=O) groups excluding carboxylic acids is 1. The molecule has 2 aromatic rings. The minimum atomic E-state index is -3.79. The Hall–Kier alpha value is -2.42. The first-order valence-corrected chi connectivity index (χ1v) is 10.8. The lowest BCUT2D eigenvalue weighted by Crippen LogP contribution is -2.40. The van der Waals surface area contributed by atoms with Crippen molar-refractivity contribution >= 4 is 15.9 Å². The van der Waals surface area contributed by atoms with E-state index in [1.54, 1.807) is 18.0 Å². The average Bonchev–Trinajstić information content (AvgIpc) is 2.75. The second-order valence-electron chi connectivity index (χ2n) is 6.97. The Kier molecular flexibility index (Phi) is 6.56. The molecule has 1 fully saturated rings. The van der Waals surface area contributed by atoms with E-state index in [0.717, 1.165) is 11.1 Å². The van der Waals surface area contributed by atoms with Crippen molar-refractivity contribution in [3.8, 4) is 5.75 Å². The molecule has 29 heavy (non-hydrogen) atoms. The molecule has 0 saturated carbocycles. The van der Waals surface area contributed by atoms with Gasteiger partial charge in [-0.05, 0) is 36.2 Å². The lowest BCUT2D eigenvalue weighted by atomic mass is 10.1. The molecule has 2 aromatic carbocycles. The van der Waals surface area contributed by atoms with E-state index in [9.17, 15) is 13.2 Å². The van der Waals surface area contributed by atoms with Gasteiger partial charge in [0.15, 0.2) is 0 Å². The quantitative estimate of drug-likeness (QED) is 0.720. The van der Waals surface area contributed by atoms with Crippen molar-refractivity contribution in [3.63, 3.8) is 0 Å². The summed E-state index contributed by atoms with van der Waals surface area (Å²) in [6.07, 6.45) is 0. The topological polar surface area (TPSA) is 76.2 Å². The SMILES string of the molecule is COc1ccc(C(=O)N(C)Cc2ccccc2C)cc1S(=O)(=O)N1CCOCC1. The third-order valence-electron chi connectivity index (χ3n) is 5.01. The van der Waals surface area contributed by atoms with Crippen LogP contribution in [0.1, 0.15) is 21.5 Å². The number of sulfonamides is 1. The summed E-state index contributed by atoms with van der Waals surface area (Å²) in [7, 11) is -0.675. The molecule has 3 rings (SSSR count). The van der Waals surface area contributed by atoms with Crippen LogP contribution in [0.15, 0.2) is 47.4 Å². The molecule has 156 valence electrons. The van der Waals surface area contributed by atoms with Gasteiger partial charge < -0.3 is 14.4 Å². The van der Waals surface area contributed by atoms with E-state index in [2.05, 4.69) is 0 Å². The van der Waals surface area contributed by atoms with Gasteiger partial charge in [-0.25, -0.2) is 8.42 Å². The standard InChI is InChI=1S/C21H26N2O5S/c1-16-6-4-5-7-18(16)15-22(2)21(24)17-8-9-19(27-3)20(14-17)29(25,26)23-10-12-28-13-11-23/h4-9,14H,10-13,15H2,1-3H3. The van der Waals surface area contributed by atoms with Gasteiger partial charge in [-0.1, -0.05) is 24.3 Å². The molecular weight excluding hydrogens is 392 g/mol. The summed E-state index contributed by atoms with van der Waals surface area (Å²) in [6.45, 7) is 3.67. The van der Waals surface area contributed by atoms with E-state index < -0.39 is 10.0 Å². The van der Waals surface area contributed by atoms with E-state index in [-0.39, 0.29) is 29.6 Å². The number of ether oxygens (including phenoxy) is 2. The number of hydrogen-bond acceptors (Lipinski definition) is 5. The van der Waals surface area contributed by atoms with E-state index in [1.807, 2.05) is 31.2 Å². The van der Waals surface area contributed by atoms with E-state index in [0.29, 0.717) is 25.3 Å². The zero-order valence-electron chi connectivity index (χ0n) is 16.9. The lowest BCUT2D eigenvalue weighted by molar-refractivity contribution is 0.0729. The number of methoxy groups -OCH3 is 1. The molecule has 8 heteroatoms. The number of aryl methyl sites for hydroxylation is 1. The molecule has 1 aliphatic rings. The fraction of sp³-hybridized carbons (Fsp3) is 0.381. The Morgan fingerprint density at radius 1 is 1.17 bits per heavy atom. The first-order chi connectivity index (χ1) is 13.8. The van der Waals surface area contributed by atoms with Crippen molar-refractivity contribution in [2.24, 2.45) is 0 Å². The summed E-state index contributed by atoms with van der Waals surface area (Å²) in [5.74, 6) is -0.0380. The molecule has 1 amide bonds. The average molecular weight is 419 g/mol. The highest BCUT2D eigenvalue weighted by atomic mass is 32.2. The number of amides is 1. The highest BCUT2D eigenvalue weighted by molar-refractivity contribution is 7.89. The van der Waals surface area contributed by atoms with Crippen LogP contribution in [0, 0.1) is 6.92 Å². The first kappa shape index (κ1) is 21.3. The van der Waals surface area contributed by atoms with Crippen molar-refractivity contribution in [3.05, 3.63) is 59.2 Å². The van der Waals surface area contributed by atoms with Gasteiger partial charge in [-0.15, -0.1) is 0 Å². The van der Waals surface area contributed by atoms with E-state index >= 15 is 0 Å². The summed E-state index contributed by atoms with van der Waals surface area (Å²) in [4.78, 5) is 14.5. The molecule has 0 aromatic heterocycles. The minimum absolute atomic E-state index is 0.00274. The second kappa shape index (κ2) is 8.94. The van der Waals surface area contributed by atoms with Crippen LogP contribution in [0.2, 0.25) is 0 Å². The van der Waals surface area contributed by atoms with E-state index in [1.165, 1.54) is 23.5 Å². The van der Waals surface area contributed by atoms with Gasteiger partial charge in [-0.2, -0.15) is 4.31 Å². The Morgan fingerprint density at radius 3 is 2.52 bits per heavy atom. The predicted octanol–water partition coefficient (Wildman–Crippen LogP) is 2.30. The Bertz CT molecular complexity index is 984. The van der Waals surface area contributed by atoms with Gasteiger partial charge in [0.25, 0.3) is 5.91 Å². The highest BCUT2D eigenvalue weighted by Gasteiger charge is 2.30.